The summed E-state index contributed by atoms with van der Waals surface area (Å²) >= 11 is 5.32. The third-order valence-corrected chi connectivity index (χ3v) is 3.79. The summed E-state index contributed by atoms with van der Waals surface area (Å²) in [6.07, 6.45) is 4.93. The molecular weight excluding hydrogens is 248 g/mol. The number of carbonyl (C=O) groups is 1. The molecule has 0 unspecified atom stereocenters. The second-order valence-corrected chi connectivity index (χ2v) is 5.72. The molecule has 0 aromatic rings. The van der Waals surface area contributed by atoms with Gasteiger partial charge in [0.2, 0.25) is 0 Å². The van der Waals surface area contributed by atoms with Gasteiger partial charge in [0, 0.05) is 5.57 Å². The van der Waals surface area contributed by atoms with Gasteiger partial charge in [-0.25, -0.2) is 8.42 Å². The Labute approximate surface area is 101 Å². The van der Waals surface area contributed by atoms with Crippen molar-refractivity contribution in [3.8, 4) is 0 Å². The van der Waals surface area contributed by atoms with E-state index in [1.165, 1.54) is 19.1 Å². The molecule has 0 radical (unpaired) electrons. The fraction of sp³-hybridized carbons (Fsp3) is 0.364. The quantitative estimate of drug-likeness (QED) is 0.420. The Morgan fingerprint density at radius 2 is 1.88 bits per heavy atom. The Bertz CT molecular complexity index is 430. The molecule has 0 aliphatic rings. The fourth-order valence-electron chi connectivity index (χ4n) is 0.906. The molecule has 0 saturated heterocycles. The molecule has 90 valence electrons. The molecule has 16 heavy (non-hydrogen) atoms. The van der Waals surface area contributed by atoms with E-state index in [9.17, 15) is 13.2 Å². The number of rotatable bonds is 6. The monoisotopic (exact) mass is 262 g/mol. The van der Waals surface area contributed by atoms with E-state index in [-0.39, 0.29) is 16.2 Å². The third-order valence-electron chi connectivity index (χ3n) is 1.88. The number of hydrogen-bond acceptors (Lipinski definition) is 3. The van der Waals surface area contributed by atoms with Crippen LogP contribution in [0.15, 0.2) is 35.3 Å². The Hall–Kier alpha value is -0.870. The van der Waals surface area contributed by atoms with E-state index in [2.05, 4.69) is 6.58 Å². The van der Waals surface area contributed by atoms with E-state index < -0.39 is 15.1 Å². The summed E-state index contributed by atoms with van der Waals surface area (Å²) in [5.74, 6) is -0.0161. The molecule has 0 bridgehead atoms. The van der Waals surface area contributed by atoms with E-state index in [1.807, 2.05) is 6.92 Å². The number of allylic oxidation sites excluding steroid dienone is 4. The second kappa shape index (κ2) is 6.66. The van der Waals surface area contributed by atoms with Gasteiger partial charge in [0.15, 0.2) is 9.84 Å². The van der Waals surface area contributed by atoms with Gasteiger partial charge in [-0.2, -0.15) is 0 Å². The lowest BCUT2D eigenvalue weighted by molar-refractivity contribution is -0.108. The average molecular weight is 263 g/mol. The van der Waals surface area contributed by atoms with Crippen LogP contribution in [0.4, 0.5) is 0 Å². The van der Waals surface area contributed by atoms with Crippen molar-refractivity contribution in [1.82, 2.24) is 0 Å². The molecule has 0 spiro atoms. The van der Waals surface area contributed by atoms with Gasteiger partial charge < -0.3 is 0 Å². The largest absolute Gasteiger partial charge is 0.276 e. The lowest BCUT2D eigenvalue weighted by Crippen LogP contribution is -2.03. The van der Waals surface area contributed by atoms with Gasteiger partial charge in [-0.3, -0.25) is 4.79 Å². The molecule has 0 N–H and O–H groups in total. The van der Waals surface area contributed by atoms with Crippen molar-refractivity contribution < 1.29 is 13.2 Å². The molecule has 0 aromatic carbocycles. The minimum absolute atomic E-state index is 0.0161. The van der Waals surface area contributed by atoms with Gasteiger partial charge >= 0.3 is 0 Å². The molecule has 0 aromatic heterocycles. The van der Waals surface area contributed by atoms with Crippen molar-refractivity contribution in [2.75, 3.05) is 5.75 Å². The van der Waals surface area contributed by atoms with Gasteiger partial charge in [0.1, 0.15) is 0 Å². The minimum atomic E-state index is -3.30. The normalized spacial score (nSPS) is 13.1. The lowest BCUT2D eigenvalue weighted by Gasteiger charge is -1.99. The Balaban J connectivity index is 4.92. The molecule has 0 fully saturated rings. The number of halogens is 1. The highest BCUT2D eigenvalue weighted by atomic mass is 35.5. The third kappa shape index (κ3) is 4.77. The maximum absolute atomic E-state index is 11.4. The first kappa shape index (κ1) is 15.1. The Kier molecular flexibility index (Phi) is 6.29. The van der Waals surface area contributed by atoms with Crippen molar-refractivity contribution >= 4 is 26.7 Å². The first-order valence-electron chi connectivity index (χ1n) is 4.84. The van der Waals surface area contributed by atoms with E-state index in [0.717, 1.165) is 0 Å². The molecule has 0 saturated carbocycles. The van der Waals surface area contributed by atoms with Gasteiger partial charge in [0.05, 0.1) is 10.7 Å². The number of sulfone groups is 1. The van der Waals surface area contributed by atoms with Gasteiger partial charge in [-0.15, -0.1) is 0 Å². The standard InChI is InChI=1S/C11H15ClO3S/c1-4-6-10(11(12)13)8-7-9(3)16(14,15)5-2/h6-8H,3-5H2,1-2H3. The summed E-state index contributed by atoms with van der Waals surface area (Å²) in [7, 11) is -3.30. The smallest absolute Gasteiger partial charge is 0.252 e. The summed E-state index contributed by atoms with van der Waals surface area (Å²) in [5.41, 5.74) is 0.275. The van der Waals surface area contributed by atoms with Gasteiger partial charge in [0.25, 0.3) is 5.24 Å². The zero-order chi connectivity index (χ0) is 12.8. The zero-order valence-electron chi connectivity index (χ0n) is 9.36. The minimum Gasteiger partial charge on any atom is -0.276 e. The van der Waals surface area contributed by atoms with E-state index in [0.29, 0.717) is 6.42 Å². The number of carbonyl (C=O) groups excluding carboxylic acids is 1. The van der Waals surface area contributed by atoms with Crippen molar-refractivity contribution in [3.05, 3.63) is 35.3 Å². The summed E-state index contributed by atoms with van der Waals surface area (Å²) in [6, 6.07) is 0. The van der Waals surface area contributed by atoms with Crippen LogP contribution in [-0.2, 0) is 14.6 Å². The molecule has 5 heteroatoms. The zero-order valence-corrected chi connectivity index (χ0v) is 10.9. The summed E-state index contributed by atoms with van der Waals surface area (Å²) in [4.78, 5) is 10.9. The highest BCUT2D eigenvalue weighted by molar-refractivity contribution is 7.95. The highest BCUT2D eigenvalue weighted by Crippen LogP contribution is 2.10. The molecule has 0 amide bonds. The Morgan fingerprint density at radius 1 is 1.31 bits per heavy atom. The van der Waals surface area contributed by atoms with Crippen molar-refractivity contribution in [3.63, 3.8) is 0 Å². The average Bonchev–Trinajstić information content (AvgIpc) is 2.23. The van der Waals surface area contributed by atoms with Crippen LogP contribution in [0, 0.1) is 0 Å². The maximum atomic E-state index is 11.4. The van der Waals surface area contributed by atoms with Gasteiger partial charge in [-0.1, -0.05) is 26.5 Å². The first-order chi connectivity index (χ1) is 7.35. The molecular formula is C11H15ClO3S. The summed E-state index contributed by atoms with van der Waals surface area (Å²) in [5, 5.41) is -0.611. The van der Waals surface area contributed by atoms with Crippen molar-refractivity contribution in [2.24, 2.45) is 0 Å². The summed E-state index contributed by atoms with van der Waals surface area (Å²) in [6.45, 7) is 6.82. The van der Waals surface area contributed by atoms with E-state index in [1.54, 1.807) is 6.08 Å². The first-order valence-corrected chi connectivity index (χ1v) is 6.87. The van der Waals surface area contributed by atoms with Crippen LogP contribution in [0.2, 0.25) is 0 Å². The van der Waals surface area contributed by atoms with Crippen molar-refractivity contribution in [1.29, 1.82) is 0 Å². The Morgan fingerprint density at radius 3 is 2.25 bits per heavy atom. The van der Waals surface area contributed by atoms with E-state index >= 15 is 0 Å². The predicted molar refractivity (Wildman–Crippen MR) is 67.0 cm³/mol. The molecule has 0 aliphatic carbocycles. The van der Waals surface area contributed by atoms with Crippen molar-refractivity contribution in [2.45, 2.75) is 20.3 Å². The fourth-order valence-corrected chi connectivity index (χ4v) is 1.69. The molecule has 0 rings (SSSR count). The molecule has 0 heterocycles. The summed E-state index contributed by atoms with van der Waals surface area (Å²) < 4.78 is 22.7. The predicted octanol–water partition coefficient (Wildman–Crippen LogP) is 2.59. The highest BCUT2D eigenvalue weighted by Gasteiger charge is 2.10. The molecule has 3 nitrogen and oxygen atoms in total. The SMILES string of the molecule is C=C(C=CC(=CCC)C(=O)Cl)S(=O)(=O)CC. The molecule has 0 aliphatic heterocycles. The topological polar surface area (TPSA) is 51.2 Å². The second-order valence-electron chi connectivity index (χ2n) is 3.04. The number of hydrogen-bond donors (Lipinski definition) is 0. The van der Waals surface area contributed by atoms with Crippen LogP contribution in [-0.4, -0.2) is 19.4 Å². The molecule has 0 atom stereocenters. The van der Waals surface area contributed by atoms with E-state index in [4.69, 9.17) is 11.6 Å². The van der Waals surface area contributed by atoms with Crippen LogP contribution in [0.5, 0.6) is 0 Å². The van der Waals surface area contributed by atoms with Crippen LogP contribution in [0.25, 0.3) is 0 Å². The maximum Gasteiger partial charge on any atom is 0.252 e. The van der Waals surface area contributed by atoms with Crippen LogP contribution < -0.4 is 0 Å². The lowest BCUT2D eigenvalue weighted by atomic mass is 10.2. The van der Waals surface area contributed by atoms with Crippen LogP contribution in [0.3, 0.4) is 0 Å². The van der Waals surface area contributed by atoms with Crippen LogP contribution in [0.1, 0.15) is 20.3 Å². The van der Waals surface area contributed by atoms with Gasteiger partial charge in [-0.05, 0) is 30.2 Å². The van der Waals surface area contributed by atoms with Crippen LogP contribution >= 0.6 is 11.6 Å².